The Morgan fingerprint density at radius 1 is 1.27 bits per heavy atom. The first kappa shape index (κ1) is 18.5. The SMILES string of the molecule is COc1ccc(C2(C(=O)NCc3c(C)nn(C)c3C)CCOCC2)cc1. The van der Waals surface area contributed by atoms with Gasteiger partial charge in [-0.3, -0.25) is 9.48 Å². The van der Waals surface area contributed by atoms with Crippen molar-refractivity contribution < 1.29 is 14.3 Å². The first-order valence-electron chi connectivity index (χ1n) is 8.97. The molecule has 1 aliphatic rings. The Balaban J connectivity index is 1.83. The van der Waals surface area contributed by atoms with Gasteiger partial charge in [0, 0.05) is 38.1 Å². The van der Waals surface area contributed by atoms with Crippen LogP contribution in [0.4, 0.5) is 0 Å². The van der Waals surface area contributed by atoms with Gasteiger partial charge in [-0.2, -0.15) is 5.10 Å². The molecule has 1 aromatic heterocycles. The molecule has 6 heteroatoms. The lowest BCUT2D eigenvalue weighted by Gasteiger charge is -2.36. The molecule has 26 heavy (non-hydrogen) atoms. The van der Waals surface area contributed by atoms with E-state index in [0.29, 0.717) is 32.6 Å². The van der Waals surface area contributed by atoms with E-state index in [4.69, 9.17) is 9.47 Å². The van der Waals surface area contributed by atoms with Crippen LogP contribution in [-0.2, 0) is 28.5 Å². The molecule has 2 heterocycles. The van der Waals surface area contributed by atoms with Crippen molar-refractivity contribution in [2.45, 2.75) is 38.6 Å². The lowest BCUT2D eigenvalue weighted by Crippen LogP contribution is -2.47. The highest BCUT2D eigenvalue weighted by molar-refractivity contribution is 5.88. The van der Waals surface area contributed by atoms with E-state index in [-0.39, 0.29) is 5.91 Å². The maximum absolute atomic E-state index is 13.3. The Kier molecular flexibility index (Phi) is 5.32. The molecule has 0 bridgehead atoms. The van der Waals surface area contributed by atoms with Crippen molar-refractivity contribution in [2.75, 3.05) is 20.3 Å². The van der Waals surface area contributed by atoms with Crippen LogP contribution in [0.25, 0.3) is 0 Å². The average Bonchev–Trinajstić information content (AvgIpc) is 2.92. The Hall–Kier alpha value is -2.34. The molecule has 1 aliphatic heterocycles. The largest absolute Gasteiger partial charge is 0.497 e. The van der Waals surface area contributed by atoms with Gasteiger partial charge in [0.05, 0.1) is 18.2 Å². The van der Waals surface area contributed by atoms with Gasteiger partial charge in [-0.25, -0.2) is 0 Å². The van der Waals surface area contributed by atoms with Crippen molar-refractivity contribution in [1.82, 2.24) is 15.1 Å². The van der Waals surface area contributed by atoms with E-state index >= 15 is 0 Å². The number of nitrogens with one attached hydrogen (secondary N) is 1. The zero-order valence-electron chi connectivity index (χ0n) is 16.0. The summed E-state index contributed by atoms with van der Waals surface area (Å²) in [6.45, 7) is 5.66. The molecule has 0 saturated carbocycles. The fraction of sp³-hybridized carbons (Fsp3) is 0.500. The predicted octanol–water partition coefficient (Wildman–Crippen LogP) is 2.41. The number of benzene rings is 1. The van der Waals surface area contributed by atoms with E-state index in [2.05, 4.69) is 10.4 Å². The Bertz CT molecular complexity index is 774. The third-order valence-corrected chi connectivity index (χ3v) is 5.51. The summed E-state index contributed by atoms with van der Waals surface area (Å²) >= 11 is 0. The fourth-order valence-electron chi connectivity index (χ4n) is 3.69. The average molecular weight is 357 g/mol. The van der Waals surface area contributed by atoms with Crippen LogP contribution in [0.2, 0.25) is 0 Å². The zero-order valence-corrected chi connectivity index (χ0v) is 16.0. The second kappa shape index (κ2) is 7.50. The van der Waals surface area contributed by atoms with Gasteiger partial charge in [-0.1, -0.05) is 12.1 Å². The topological polar surface area (TPSA) is 65.4 Å². The van der Waals surface area contributed by atoms with Gasteiger partial charge in [0.1, 0.15) is 5.75 Å². The summed E-state index contributed by atoms with van der Waals surface area (Å²) in [6.07, 6.45) is 1.35. The van der Waals surface area contributed by atoms with Crippen molar-refractivity contribution in [1.29, 1.82) is 0 Å². The van der Waals surface area contributed by atoms with Crippen LogP contribution in [0.3, 0.4) is 0 Å². The van der Waals surface area contributed by atoms with Crippen molar-refractivity contribution in [3.05, 3.63) is 46.8 Å². The van der Waals surface area contributed by atoms with E-state index in [1.807, 2.05) is 49.8 Å². The quantitative estimate of drug-likeness (QED) is 0.892. The van der Waals surface area contributed by atoms with Crippen molar-refractivity contribution >= 4 is 5.91 Å². The van der Waals surface area contributed by atoms with Crippen LogP contribution in [0.5, 0.6) is 5.75 Å². The Morgan fingerprint density at radius 2 is 1.92 bits per heavy atom. The molecule has 6 nitrogen and oxygen atoms in total. The zero-order chi connectivity index (χ0) is 18.7. The number of hydrogen-bond acceptors (Lipinski definition) is 4. The molecule has 1 aromatic carbocycles. The summed E-state index contributed by atoms with van der Waals surface area (Å²) in [7, 11) is 3.56. The Morgan fingerprint density at radius 3 is 2.46 bits per heavy atom. The number of aromatic nitrogens is 2. The second-order valence-electron chi connectivity index (χ2n) is 6.88. The van der Waals surface area contributed by atoms with E-state index in [0.717, 1.165) is 28.3 Å². The smallest absolute Gasteiger partial charge is 0.231 e. The van der Waals surface area contributed by atoms with Gasteiger partial charge in [0.15, 0.2) is 0 Å². The fourth-order valence-corrected chi connectivity index (χ4v) is 3.69. The maximum atomic E-state index is 13.3. The summed E-state index contributed by atoms with van der Waals surface area (Å²) in [5.74, 6) is 0.839. The number of aryl methyl sites for hydroxylation is 2. The standard InChI is InChI=1S/C20H27N3O3/c1-14-18(15(2)23(3)22-14)13-21-19(24)20(9-11-26-12-10-20)16-5-7-17(25-4)8-6-16/h5-8H,9-13H2,1-4H3,(H,21,24). The van der Waals surface area contributed by atoms with Crippen LogP contribution in [0, 0.1) is 13.8 Å². The minimum absolute atomic E-state index is 0.0496. The number of rotatable bonds is 5. The van der Waals surface area contributed by atoms with Crippen LogP contribution in [0.15, 0.2) is 24.3 Å². The highest BCUT2D eigenvalue weighted by Gasteiger charge is 2.41. The number of ether oxygens (including phenoxy) is 2. The predicted molar refractivity (Wildman–Crippen MR) is 99.3 cm³/mol. The number of carbonyl (C=O) groups is 1. The molecule has 0 unspecified atom stereocenters. The van der Waals surface area contributed by atoms with Crippen LogP contribution >= 0.6 is 0 Å². The molecule has 1 amide bonds. The molecule has 0 aliphatic carbocycles. The molecule has 1 N–H and O–H groups in total. The summed E-state index contributed by atoms with van der Waals surface area (Å²) in [4.78, 5) is 13.3. The first-order valence-corrected chi connectivity index (χ1v) is 8.97. The summed E-state index contributed by atoms with van der Waals surface area (Å²) in [5, 5.41) is 7.58. The third kappa shape index (κ3) is 3.33. The van der Waals surface area contributed by atoms with E-state index in [9.17, 15) is 4.79 Å². The number of hydrogen-bond donors (Lipinski definition) is 1. The molecule has 3 rings (SSSR count). The van der Waals surface area contributed by atoms with Crippen LogP contribution < -0.4 is 10.1 Å². The van der Waals surface area contributed by atoms with Crippen LogP contribution in [-0.4, -0.2) is 36.0 Å². The second-order valence-corrected chi connectivity index (χ2v) is 6.88. The molecule has 140 valence electrons. The molecule has 0 atom stereocenters. The van der Waals surface area contributed by atoms with Crippen molar-refractivity contribution in [3.63, 3.8) is 0 Å². The summed E-state index contributed by atoms with van der Waals surface area (Å²) < 4.78 is 12.6. The highest BCUT2D eigenvalue weighted by atomic mass is 16.5. The minimum atomic E-state index is -0.561. The summed E-state index contributed by atoms with van der Waals surface area (Å²) in [5.41, 5.74) is 3.56. The van der Waals surface area contributed by atoms with E-state index in [1.54, 1.807) is 7.11 Å². The molecule has 1 saturated heterocycles. The number of nitrogens with zero attached hydrogens (tertiary/aromatic N) is 2. The first-order chi connectivity index (χ1) is 12.5. The summed E-state index contributed by atoms with van der Waals surface area (Å²) in [6, 6.07) is 7.80. The normalized spacial score (nSPS) is 16.3. The van der Waals surface area contributed by atoms with Crippen molar-refractivity contribution in [2.24, 2.45) is 7.05 Å². The van der Waals surface area contributed by atoms with Gasteiger partial charge >= 0.3 is 0 Å². The Labute approximate surface area is 154 Å². The van der Waals surface area contributed by atoms with Gasteiger partial charge in [-0.15, -0.1) is 0 Å². The molecular weight excluding hydrogens is 330 g/mol. The maximum Gasteiger partial charge on any atom is 0.231 e. The molecular formula is C20H27N3O3. The molecule has 1 fully saturated rings. The number of methoxy groups -OCH3 is 1. The highest BCUT2D eigenvalue weighted by Crippen LogP contribution is 2.36. The minimum Gasteiger partial charge on any atom is -0.497 e. The lowest BCUT2D eigenvalue weighted by molar-refractivity contribution is -0.130. The van der Waals surface area contributed by atoms with Gasteiger partial charge in [0.25, 0.3) is 0 Å². The lowest BCUT2D eigenvalue weighted by atomic mass is 9.73. The van der Waals surface area contributed by atoms with E-state index < -0.39 is 5.41 Å². The number of amides is 1. The van der Waals surface area contributed by atoms with Gasteiger partial charge in [0.2, 0.25) is 5.91 Å². The molecule has 0 spiro atoms. The number of carbonyl (C=O) groups excluding carboxylic acids is 1. The van der Waals surface area contributed by atoms with Gasteiger partial charge in [-0.05, 0) is 44.4 Å². The molecule has 0 radical (unpaired) electrons. The van der Waals surface area contributed by atoms with Crippen molar-refractivity contribution in [3.8, 4) is 5.75 Å². The van der Waals surface area contributed by atoms with Crippen LogP contribution in [0.1, 0.15) is 35.4 Å². The monoisotopic (exact) mass is 357 g/mol. The molecule has 2 aromatic rings. The van der Waals surface area contributed by atoms with Gasteiger partial charge < -0.3 is 14.8 Å². The third-order valence-electron chi connectivity index (χ3n) is 5.51. The van der Waals surface area contributed by atoms with E-state index in [1.165, 1.54) is 0 Å².